The van der Waals surface area contributed by atoms with Crippen molar-refractivity contribution in [3.63, 3.8) is 0 Å². The summed E-state index contributed by atoms with van der Waals surface area (Å²) in [7, 11) is 1.30. The molecule has 0 aliphatic carbocycles. The number of furan rings is 1. The molecule has 2 N–H and O–H groups in total. The Kier molecular flexibility index (Phi) is 6.67. The molecule has 1 amide bonds. The minimum atomic E-state index is -0.495. The summed E-state index contributed by atoms with van der Waals surface area (Å²) in [5.74, 6) is 0.351. The van der Waals surface area contributed by atoms with Gasteiger partial charge in [0.25, 0.3) is 0 Å². The third kappa shape index (κ3) is 5.56. The molecular formula is C13H20N2O4. The Morgan fingerprint density at radius 1 is 1.32 bits per heavy atom. The van der Waals surface area contributed by atoms with Gasteiger partial charge in [0.05, 0.1) is 13.7 Å². The van der Waals surface area contributed by atoms with Gasteiger partial charge in [-0.25, -0.2) is 4.79 Å². The minimum Gasteiger partial charge on any atom is -0.463 e. The van der Waals surface area contributed by atoms with Crippen LogP contribution in [-0.2, 0) is 16.1 Å². The van der Waals surface area contributed by atoms with E-state index in [-0.39, 0.29) is 11.7 Å². The van der Waals surface area contributed by atoms with Crippen LogP contribution in [0.1, 0.15) is 36.1 Å². The van der Waals surface area contributed by atoms with E-state index in [0.29, 0.717) is 31.8 Å². The molecule has 6 heteroatoms. The minimum absolute atomic E-state index is 0.0315. The van der Waals surface area contributed by atoms with Crippen LogP contribution in [-0.4, -0.2) is 32.1 Å². The first kappa shape index (κ1) is 15.2. The van der Waals surface area contributed by atoms with Crippen LogP contribution in [0.4, 0.5) is 0 Å². The fraction of sp³-hybridized carbons (Fsp3) is 0.538. The molecule has 1 aromatic rings. The predicted molar refractivity (Wildman–Crippen MR) is 69.7 cm³/mol. The fourth-order valence-electron chi connectivity index (χ4n) is 1.45. The van der Waals surface area contributed by atoms with Crippen LogP contribution in [0.25, 0.3) is 0 Å². The van der Waals surface area contributed by atoms with Gasteiger partial charge in [-0.3, -0.25) is 4.79 Å². The average Bonchev–Trinajstić information content (AvgIpc) is 2.89. The lowest BCUT2D eigenvalue weighted by atomic mass is 10.3. The predicted octanol–water partition coefficient (Wildman–Crippen LogP) is 1.07. The van der Waals surface area contributed by atoms with Crippen molar-refractivity contribution in [1.82, 2.24) is 10.6 Å². The van der Waals surface area contributed by atoms with Crippen molar-refractivity contribution in [2.75, 3.05) is 20.2 Å². The summed E-state index contributed by atoms with van der Waals surface area (Å²) in [6.07, 6.45) is 1.35. The van der Waals surface area contributed by atoms with Crippen molar-refractivity contribution < 1.29 is 18.7 Å². The number of rotatable bonds is 8. The highest BCUT2D eigenvalue weighted by Crippen LogP contribution is 2.08. The summed E-state index contributed by atoms with van der Waals surface area (Å²) in [4.78, 5) is 22.5. The lowest BCUT2D eigenvalue weighted by molar-refractivity contribution is -0.121. The van der Waals surface area contributed by atoms with Crippen molar-refractivity contribution in [1.29, 1.82) is 0 Å². The number of carbonyl (C=O) groups excluding carboxylic acids is 2. The molecule has 0 unspecified atom stereocenters. The quantitative estimate of drug-likeness (QED) is 0.544. The third-order valence-corrected chi connectivity index (χ3v) is 2.45. The maximum atomic E-state index is 11.3. The first-order valence-electron chi connectivity index (χ1n) is 6.31. The molecule has 0 radical (unpaired) electrons. The van der Waals surface area contributed by atoms with E-state index in [4.69, 9.17) is 4.42 Å². The van der Waals surface area contributed by atoms with E-state index in [1.807, 2.05) is 6.92 Å². The van der Waals surface area contributed by atoms with Crippen LogP contribution in [0, 0.1) is 0 Å². The molecule has 1 heterocycles. The van der Waals surface area contributed by atoms with Crippen LogP contribution >= 0.6 is 0 Å². The zero-order valence-electron chi connectivity index (χ0n) is 11.3. The molecule has 0 aromatic carbocycles. The lowest BCUT2D eigenvalue weighted by Gasteiger charge is -2.04. The number of hydrogen-bond donors (Lipinski definition) is 2. The largest absolute Gasteiger partial charge is 0.463 e. The Balaban J connectivity index is 2.21. The number of esters is 1. The van der Waals surface area contributed by atoms with Crippen molar-refractivity contribution in [3.8, 4) is 0 Å². The van der Waals surface area contributed by atoms with Gasteiger partial charge in [0.1, 0.15) is 5.76 Å². The Morgan fingerprint density at radius 3 is 2.79 bits per heavy atom. The zero-order chi connectivity index (χ0) is 14.1. The average molecular weight is 268 g/mol. The van der Waals surface area contributed by atoms with Gasteiger partial charge in [0.2, 0.25) is 11.7 Å². The number of carbonyl (C=O) groups is 2. The lowest BCUT2D eigenvalue weighted by Crippen LogP contribution is -2.27. The zero-order valence-corrected chi connectivity index (χ0v) is 11.3. The molecule has 0 bridgehead atoms. The highest BCUT2D eigenvalue weighted by Gasteiger charge is 2.10. The smallest absolute Gasteiger partial charge is 0.373 e. The Bertz CT molecular complexity index is 415. The SMILES string of the molecule is CCCNC(=O)CCNCc1ccc(C(=O)OC)o1. The Hall–Kier alpha value is -1.82. The molecule has 19 heavy (non-hydrogen) atoms. The van der Waals surface area contributed by atoms with Crippen molar-refractivity contribution >= 4 is 11.9 Å². The van der Waals surface area contributed by atoms with Gasteiger partial charge in [0.15, 0.2) is 0 Å². The number of ether oxygens (including phenoxy) is 1. The van der Waals surface area contributed by atoms with Gasteiger partial charge in [-0.1, -0.05) is 6.92 Å². The van der Waals surface area contributed by atoms with Crippen molar-refractivity contribution in [3.05, 3.63) is 23.7 Å². The van der Waals surface area contributed by atoms with Gasteiger partial charge in [-0.2, -0.15) is 0 Å². The molecule has 0 spiro atoms. The Morgan fingerprint density at radius 2 is 2.11 bits per heavy atom. The van der Waals surface area contributed by atoms with Crippen molar-refractivity contribution in [2.24, 2.45) is 0 Å². The first-order valence-corrected chi connectivity index (χ1v) is 6.31. The summed E-state index contributed by atoms with van der Waals surface area (Å²) in [5, 5.41) is 5.87. The molecule has 0 atom stereocenters. The monoisotopic (exact) mass is 268 g/mol. The van der Waals surface area contributed by atoms with E-state index >= 15 is 0 Å². The summed E-state index contributed by atoms with van der Waals surface area (Å²) in [5.41, 5.74) is 0. The number of methoxy groups -OCH3 is 1. The van der Waals surface area contributed by atoms with Crippen LogP contribution in [0.5, 0.6) is 0 Å². The number of hydrogen-bond acceptors (Lipinski definition) is 5. The molecule has 0 aliphatic heterocycles. The van der Waals surface area contributed by atoms with Gasteiger partial charge < -0.3 is 19.8 Å². The second-order valence-corrected chi connectivity index (χ2v) is 4.03. The van der Waals surface area contributed by atoms with Gasteiger partial charge in [-0.05, 0) is 18.6 Å². The van der Waals surface area contributed by atoms with E-state index < -0.39 is 5.97 Å². The fourth-order valence-corrected chi connectivity index (χ4v) is 1.45. The summed E-state index contributed by atoms with van der Waals surface area (Å²) in [6, 6.07) is 3.27. The molecule has 0 saturated carbocycles. The highest BCUT2D eigenvalue weighted by atomic mass is 16.5. The molecule has 0 saturated heterocycles. The van der Waals surface area contributed by atoms with E-state index in [2.05, 4.69) is 15.4 Å². The molecular weight excluding hydrogens is 248 g/mol. The summed E-state index contributed by atoms with van der Waals surface area (Å²) < 4.78 is 9.81. The van der Waals surface area contributed by atoms with E-state index in [0.717, 1.165) is 6.42 Å². The van der Waals surface area contributed by atoms with Crippen LogP contribution in [0.15, 0.2) is 16.5 Å². The molecule has 1 rings (SSSR count). The van der Waals surface area contributed by atoms with Crippen LogP contribution < -0.4 is 10.6 Å². The molecule has 1 aromatic heterocycles. The second kappa shape index (κ2) is 8.31. The van der Waals surface area contributed by atoms with Crippen LogP contribution in [0.3, 0.4) is 0 Å². The van der Waals surface area contributed by atoms with E-state index in [9.17, 15) is 9.59 Å². The second-order valence-electron chi connectivity index (χ2n) is 4.03. The third-order valence-electron chi connectivity index (χ3n) is 2.45. The van der Waals surface area contributed by atoms with Gasteiger partial charge >= 0.3 is 5.97 Å². The number of nitrogens with one attached hydrogen (secondary N) is 2. The van der Waals surface area contributed by atoms with Gasteiger partial charge in [-0.15, -0.1) is 0 Å². The highest BCUT2D eigenvalue weighted by molar-refractivity contribution is 5.86. The molecule has 106 valence electrons. The van der Waals surface area contributed by atoms with Crippen LogP contribution in [0.2, 0.25) is 0 Å². The molecule has 6 nitrogen and oxygen atoms in total. The summed E-state index contributed by atoms with van der Waals surface area (Å²) >= 11 is 0. The van der Waals surface area contributed by atoms with E-state index in [1.165, 1.54) is 7.11 Å². The summed E-state index contributed by atoms with van der Waals surface area (Å²) in [6.45, 7) is 3.75. The Labute approximate surface area is 112 Å². The molecule has 0 fully saturated rings. The standard InChI is InChI=1S/C13H20N2O4/c1-3-7-15-12(16)6-8-14-9-10-4-5-11(19-10)13(17)18-2/h4-5,14H,3,6-9H2,1-2H3,(H,15,16). The first-order chi connectivity index (χ1) is 9.17. The maximum Gasteiger partial charge on any atom is 0.373 e. The number of amides is 1. The van der Waals surface area contributed by atoms with Gasteiger partial charge in [0, 0.05) is 19.5 Å². The van der Waals surface area contributed by atoms with Crippen molar-refractivity contribution in [2.45, 2.75) is 26.3 Å². The maximum absolute atomic E-state index is 11.3. The topological polar surface area (TPSA) is 80.6 Å². The van der Waals surface area contributed by atoms with E-state index in [1.54, 1.807) is 12.1 Å². The normalized spacial score (nSPS) is 10.2. The molecule has 0 aliphatic rings.